The molecule has 0 N–H and O–H groups in total. The molecule has 1 atom stereocenters. The van der Waals surface area contributed by atoms with Gasteiger partial charge in [-0.05, 0) is 30.0 Å². The average Bonchev–Trinajstić information content (AvgIpc) is 3.00. The fourth-order valence-electron chi connectivity index (χ4n) is 1.65. The molecule has 1 aromatic rings. The maximum absolute atomic E-state index is 9.04. The van der Waals surface area contributed by atoms with Crippen molar-refractivity contribution in [2.24, 2.45) is 5.92 Å². The van der Waals surface area contributed by atoms with Crippen LogP contribution in [0, 0.1) is 17.2 Å². The van der Waals surface area contributed by atoms with Crippen molar-refractivity contribution in [3.05, 3.63) is 34.9 Å². The second-order valence-electron chi connectivity index (χ2n) is 3.91. The van der Waals surface area contributed by atoms with Gasteiger partial charge in [0.25, 0.3) is 0 Å². The number of nitrogens with zero attached hydrogens (tertiary/aromatic N) is 1. The molecule has 1 nitrogen and oxygen atoms in total. The van der Waals surface area contributed by atoms with Gasteiger partial charge in [-0.1, -0.05) is 36.6 Å². The first-order valence-electron chi connectivity index (χ1n) is 4.94. The number of halogens is 1. The quantitative estimate of drug-likeness (QED) is 0.738. The summed E-state index contributed by atoms with van der Waals surface area (Å²) in [6.45, 7) is 0. The maximum atomic E-state index is 9.04. The molecule has 1 saturated carbocycles. The topological polar surface area (TPSA) is 23.8 Å². The number of rotatable bonds is 3. The van der Waals surface area contributed by atoms with Gasteiger partial charge < -0.3 is 0 Å². The van der Waals surface area contributed by atoms with Crippen LogP contribution in [0.25, 0.3) is 0 Å². The minimum absolute atomic E-state index is 0.0553. The molecule has 1 aliphatic rings. The van der Waals surface area contributed by atoms with Crippen molar-refractivity contribution in [3.8, 4) is 6.07 Å². The van der Waals surface area contributed by atoms with Gasteiger partial charge in [-0.15, -0.1) is 0 Å². The monoisotopic (exact) mass is 205 g/mol. The normalized spacial score (nSPS) is 17.4. The van der Waals surface area contributed by atoms with E-state index in [9.17, 15) is 0 Å². The summed E-state index contributed by atoms with van der Waals surface area (Å²) in [5, 5.41) is 9.78. The fraction of sp³-hybridized carbons (Fsp3) is 0.417. The molecule has 2 heteroatoms. The molecule has 0 spiro atoms. The Morgan fingerprint density at radius 3 is 2.50 bits per heavy atom. The Labute approximate surface area is 89.3 Å². The Balaban J connectivity index is 2.10. The molecular weight excluding hydrogens is 194 g/mol. The molecule has 0 bridgehead atoms. The van der Waals surface area contributed by atoms with E-state index in [2.05, 4.69) is 6.07 Å². The van der Waals surface area contributed by atoms with Crippen molar-refractivity contribution in [2.45, 2.75) is 25.2 Å². The number of hydrogen-bond acceptors (Lipinski definition) is 1. The highest BCUT2D eigenvalue weighted by molar-refractivity contribution is 6.30. The van der Waals surface area contributed by atoms with Gasteiger partial charge in [-0.25, -0.2) is 0 Å². The number of hydrogen-bond donors (Lipinski definition) is 0. The molecule has 2 rings (SSSR count). The zero-order valence-electron chi connectivity index (χ0n) is 7.91. The van der Waals surface area contributed by atoms with E-state index in [0.29, 0.717) is 0 Å². The standard InChI is InChI=1S/C12H12ClN/c13-12-5-3-10(4-6-12)11(8-14)7-9-1-2-9/h3-6,9,11H,1-2,7H2. The van der Waals surface area contributed by atoms with E-state index in [4.69, 9.17) is 16.9 Å². The second kappa shape index (κ2) is 4.02. The zero-order valence-corrected chi connectivity index (χ0v) is 8.67. The van der Waals surface area contributed by atoms with Crippen LogP contribution in [0.3, 0.4) is 0 Å². The van der Waals surface area contributed by atoms with E-state index in [1.54, 1.807) is 0 Å². The first-order chi connectivity index (χ1) is 6.79. The summed E-state index contributed by atoms with van der Waals surface area (Å²) < 4.78 is 0. The molecule has 72 valence electrons. The molecule has 0 saturated heterocycles. The van der Waals surface area contributed by atoms with Crippen molar-refractivity contribution in [1.29, 1.82) is 5.26 Å². The van der Waals surface area contributed by atoms with Crippen LogP contribution < -0.4 is 0 Å². The maximum Gasteiger partial charge on any atom is 0.0715 e. The van der Waals surface area contributed by atoms with Gasteiger partial charge in [0.1, 0.15) is 0 Å². The van der Waals surface area contributed by atoms with Crippen molar-refractivity contribution in [3.63, 3.8) is 0 Å². The van der Waals surface area contributed by atoms with E-state index in [0.717, 1.165) is 22.9 Å². The third-order valence-corrected chi connectivity index (χ3v) is 2.95. The molecule has 1 unspecified atom stereocenters. The summed E-state index contributed by atoms with van der Waals surface area (Å²) in [5.41, 5.74) is 1.10. The van der Waals surface area contributed by atoms with Crippen LogP contribution in [-0.4, -0.2) is 0 Å². The second-order valence-corrected chi connectivity index (χ2v) is 4.35. The highest BCUT2D eigenvalue weighted by Crippen LogP contribution is 2.38. The lowest BCUT2D eigenvalue weighted by molar-refractivity contribution is 0.671. The predicted molar refractivity (Wildman–Crippen MR) is 57.1 cm³/mol. The van der Waals surface area contributed by atoms with Gasteiger partial charge in [0, 0.05) is 5.02 Å². The minimum Gasteiger partial charge on any atom is -0.198 e. The third-order valence-electron chi connectivity index (χ3n) is 2.69. The summed E-state index contributed by atoms with van der Waals surface area (Å²) in [6.07, 6.45) is 3.61. The first kappa shape index (κ1) is 9.55. The average molecular weight is 206 g/mol. The first-order valence-corrected chi connectivity index (χ1v) is 5.32. The van der Waals surface area contributed by atoms with Crippen LogP contribution in [0.1, 0.15) is 30.7 Å². The molecule has 14 heavy (non-hydrogen) atoms. The van der Waals surface area contributed by atoms with Crippen LogP contribution in [0.2, 0.25) is 5.02 Å². The third kappa shape index (κ3) is 2.27. The predicted octanol–water partition coefficient (Wildman–Crippen LogP) is 3.75. The SMILES string of the molecule is N#CC(CC1CC1)c1ccc(Cl)cc1. The Kier molecular flexibility index (Phi) is 2.74. The lowest BCUT2D eigenvalue weighted by Gasteiger charge is -2.07. The van der Waals surface area contributed by atoms with E-state index < -0.39 is 0 Å². The van der Waals surface area contributed by atoms with Crippen molar-refractivity contribution in [2.75, 3.05) is 0 Å². The fourth-order valence-corrected chi connectivity index (χ4v) is 1.77. The smallest absolute Gasteiger partial charge is 0.0715 e. The Bertz CT molecular complexity index is 346. The molecule has 0 aliphatic heterocycles. The lowest BCUT2D eigenvalue weighted by Crippen LogP contribution is -1.96. The molecular formula is C12H12ClN. The Morgan fingerprint density at radius 1 is 1.36 bits per heavy atom. The molecule has 1 aromatic carbocycles. The molecule has 0 radical (unpaired) electrons. The van der Waals surface area contributed by atoms with E-state index >= 15 is 0 Å². The van der Waals surface area contributed by atoms with Gasteiger partial charge in [0.2, 0.25) is 0 Å². The van der Waals surface area contributed by atoms with Crippen LogP contribution >= 0.6 is 11.6 Å². The van der Waals surface area contributed by atoms with Crippen LogP contribution in [0.4, 0.5) is 0 Å². The number of nitriles is 1. The van der Waals surface area contributed by atoms with E-state index in [-0.39, 0.29) is 5.92 Å². The summed E-state index contributed by atoms with van der Waals surface area (Å²) in [6, 6.07) is 9.99. The Morgan fingerprint density at radius 2 is 2.00 bits per heavy atom. The molecule has 0 aromatic heterocycles. The van der Waals surface area contributed by atoms with Gasteiger partial charge in [0.15, 0.2) is 0 Å². The van der Waals surface area contributed by atoms with Crippen LogP contribution in [-0.2, 0) is 0 Å². The van der Waals surface area contributed by atoms with Crippen molar-refractivity contribution in [1.82, 2.24) is 0 Å². The van der Waals surface area contributed by atoms with E-state index in [1.807, 2.05) is 24.3 Å². The molecule has 1 fully saturated rings. The molecule has 0 heterocycles. The van der Waals surface area contributed by atoms with Crippen LogP contribution in [0.5, 0.6) is 0 Å². The largest absolute Gasteiger partial charge is 0.198 e. The van der Waals surface area contributed by atoms with Gasteiger partial charge in [-0.3, -0.25) is 0 Å². The molecule has 1 aliphatic carbocycles. The summed E-state index contributed by atoms with van der Waals surface area (Å²) in [5.74, 6) is 0.843. The Hall–Kier alpha value is -1.00. The van der Waals surface area contributed by atoms with Crippen LogP contribution in [0.15, 0.2) is 24.3 Å². The minimum atomic E-state index is 0.0553. The summed E-state index contributed by atoms with van der Waals surface area (Å²) in [4.78, 5) is 0. The lowest BCUT2D eigenvalue weighted by atomic mass is 9.95. The number of benzene rings is 1. The van der Waals surface area contributed by atoms with Gasteiger partial charge >= 0.3 is 0 Å². The van der Waals surface area contributed by atoms with Crippen molar-refractivity contribution < 1.29 is 0 Å². The van der Waals surface area contributed by atoms with Gasteiger partial charge in [0.05, 0.1) is 12.0 Å². The van der Waals surface area contributed by atoms with E-state index in [1.165, 1.54) is 12.8 Å². The molecule has 0 amide bonds. The van der Waals surface area contributed by atoms with Crippen molar-refractivity contribution >= 4 is 11.6 Å². The highest BCUT2D eigenvalue weighted by Gasteiger charge is 2.26. The summed E-state index contributed by atoms with van der Waals surface area (Å²) >= 11 is 5.79. The zero-order chi connectivity index (χ0) is 9.97. The highest BCUT2D eigenvalue weighted by atomic mass is 35.5. The summed E-state index contributed by atoms with van der Waals surface area (Å²) in [7, 11) is 0. The van der Waals surface area contributed by atoms with Gasteiger partial charge in [-0.2, -0.15) is 5.26 Å².